The molecule has 0 aromatic heterocycles. The fourth-order valence-corrected chi connectivity index (χ4v) is 3.63. The molecule has 0 aliphatic carbocycles. The van der Waals surface area contributed by atoms with E-state index in [4.69, 9.17) is 4.74 Å². The summed E-state index contributed by atoms with van der Waals surface area (Å²) in [7, 11) is 0. The van der Waals surface area contributed by atoms with Gasteiger partial charge in [-0.2, -0.15) is 0 Å². The number of halogens is 3. The SMILES string of the molecule is CCCCCCCCC(CCc1c(F)cc(F)cc1F)C(C)(C)OCC. The minimum atomic E-state index is -0.873. The molecule has 4 heteroatoms. The van der Waals surface area contributed by atoms with Gasteiger partial charge in [-0.25, -0.2) is 13.2 Å². The molecule has 0 N–H and O–H groups in total. The minimum absolute atomic E-state index is 0.0216. The third kappa shape index (κ3) is 7.69. The van der Waals surface area contributed by atoms with Crippen LogP contribution in [-0.2, 0) is 11.2 Å². The molecular weight excluding hydrogens is 337 g/mol. The molecule has 1 rings (SSSR count). The van der Waals surface area contributed by atoms with Crippen molar-refractivity contribution in [3.05, 3.63) is 35.1 Å². The van der Waals surface area contributed by atoms with Crippen LogP contribution < -0.4 is 0 Å². The monoisotopic (exact) mass is 372 g/mol. The first-order valence-corrected chi connectivity index (χ1v) is 10.1. The quantitative estimate of drug-likeness (QED) is 0.332. The van der Waals surface area contributed by atoms with Gasteiger partial charge >= 0.3 is 0 Å². The Bertz CT molecular complexity index is 505. The highest BCUT2D eigenvalue weighted by Gasteiger charge is 2.30. The summed E-state index contributed by atoms with van der Waals surface area (Å²) in [4.78, 5) is 0. The molecule has 0 amide bonds. The molecule has 1 unspecified atom stereocenters. The summed E-state index contributed by atoms with van der Waals surface area (Å²) in [5, 5.41) is 0. The van der Waals surface area contributed by atoms with Crippen molar-refractivity contribution in [3.8, 4) is 0 Å². The highest BCUT2D eigenvalue weighted by atomic mass is 19.1. The lowest BCUT2D eigenvalue weighted by Gasteiger charge is -2.34. The van der Waals surface area contributed by atoms with Gasteiger partial charge in [0.25, 0.3) is 0 Å². The Kier molecular flexibility index (Phi) is 10.3. The number of hydrogen-bond donors (Lipinski definition) is 0. The Morgan fingerprint density at radius 1 is 0.885 bits per heavy atom. The molecule has 0 aliphatic rings. The smallest absolute Gasteiger partial charge is 0.132 e. The largest absolute Gasteiger partial charge is 0.376 e. The Labute approximate surface area is 157 Å². The van der Waals surface area contributed by atoms with Crippen LogP contribution in [0.25, 0.3) is 0 Å². The van der Waals surface area contributed by atoms with E-state index < -0.39 is 17.5 Å². The van der Waals surface area contributed by atoms with Crippen LogP contribution in [-0.4, -0.2) is 12.2 Å². The van der Waals surface area contributed by atoms with Crippen LogP contribution in [0.2, 0.25) is 0 Å². The van der Waals surface area contributed by atoms with Crippen LogP contribution in [0, 0.1) is 23.4 Å². The molecule has 0 radical (unpaired) electrons. The third-order valence-electron chi connectivity index (χ3n) is 5.25. The lowest BCUT2D eigenvalue weighted by molar-refractivity contribution is -0.0599. The topological polar surface area (TPSA) is 9.23 Å². The lowest BCUT2D eigenvalue weighted by Crippen LogP contribution is -2.35. The van der Waals surface area contributed by atoms with Crippen molar-refractivity contribution in [3.63, 3.8) is 0 Å². The van der Waals surface area contributed by atoms with E-state index in [0.29, 0.717) is 13.0 Å². The van der Waals surface area contributed by atoms with Gasteiger partial charge in [0.15, 0.2) is 0 Å². The van der Waals surface area contributed by atoms with Crippen molar-refractivity contribution >= 4 is 0 Å². The molecule has 1 aromatic carbocycles. The first-order chi connectivity index (χ1) is 12.3. The van der Waals surface area contributed by atoms with Crippen LogP contribution in [0.3, 0.4) is 0 Å². The summed E-state index contributed by atoms with van der Waals surface area (Å²) < 4.78 is 46.8. The molecular formula is C22H35F3O. The minimum Gasteiger partial charge on any atom is -0.376 e. The highest BCUT2D eigenvalue weighted by Crippen LogP contribution is 2.32. The fraction of sp³-hybridized carbons (Fsp3) is 0.727. The van der Waals surface area contributed by atoms with Crippen LogP contribution >= 0.6 is 0 Å². The van der Waals surface area contributed by atoms with E-state index in [1.54, 1.807) is 0 Å². The number of ether oxygens (including phenoxy) is 1. The normalized spacial score (nSPS) is 13.2. The zero-order valence-corrected chi connectivity index (χ0v) is 16.8. The second kappa shape index (κ2) is 11.6. The van der Waals surface area contributed by atoms with Crippen molar-refractivity contribution < 1.29 is 17.9 Å². The van der Waals surface area contributed by atoms with E-state index in [0.717, 1.165) is 25.0 Å². The van der Waals surface area contributed by atoms with E-state index in [1.807, 2.05) is 6.92 Å². The van der Waals surface area contributed by atoms with Crippen LogP contribution in [0.15, 0.2) is 12.1 Å². The standard InChI is InChI=1S/C22H35F3O/c1-5-7-8-9-10-11-12-17(22(3,4)26-6-2)13-14-19-20(24)15-18(23)16-21(19)25/h15-17H,5-14H2,1-4H3. The third-order valence-corrected chi connectivity index (χ3v) is 5.25. The first kappa shape index (κ1) is 23.0. The number of unbranched alkanes of at least 4 members (excludes halogenated alkanes) is 5. The van der Waals surface area contributed by atoms with Gasteiger partial charge in [0.05, 0.1) is 5.60 Å². The van der Waals surface area contributed by atoms with Crippen LogP contribution in [0.1, 0.15) is 84.6 Å². The zero-order valence-electron chi connectivity index (χ0n) is 16.8. The van der Waals surface area contributed by atoms with Crippen molar-refractivity contribution in [1.29, 1.82) is 0 Å². The Hall–Kier alpha value is -1.03. The molecule has 0 aliphatic heterocycles. The van der Waals surface area contributed by atoms with E-state index in [2.05, 4.69) is 20.8 Å². The van der Waals surface area contributed by atoms with Crippen LogP contribution in [0.4, 0.5) is 13.2 Å². The van der Waals surface area contributed by atoms with Crippen molar-refractivity contribution in [2.75, 3.05) is 6.61 Å². The summed E-state index contributed by atoms with van der Waals surface area (Å²) in [6, 6.07) is 1.52. The van der Waals surface area contributed by atoms with Gasteiger partial charge in [-0.15, -0.1) is 0 Å². The number of hydrogen-bond acceptors (Lipinski definition) is 1. The summed E-state index contributed by atoms with van der Waals surface area (Å²) in [6.07, 6.45) is 9.14. The number of rotatable bonds is 13. The second-order valence-electron chi connectivity index (χ2n) is 7.68. The van der Waals surface area contributed by atoms with Crippen molar-refractivity contribution in [2.45, 2.75) is 91.1 Å². The molecule has 26 heavy (non-hydrogen) atoms. The second-order valence-corrected chi connectivity index (χ2v) is 7.68. The molecule has 0 saturated carbocycles. The Morgan fingerprint density at radius 3 is 2.04 bits per heavy atom. The molecule has 0 bridgehead atoms. The van der Waals surface area contributed by atoms with Gasteiger partial charge in [0, 0.05) is 24.3 Å². The van der Waals surface area contributed by atoms with Gasteiger partial charge in [0.2, 0.25) is 0 Å². The Balaban J connectivity index is 2.67. The number of benzene rings is 1. The van der Waals surface area contributed by atoms with Crippen molar-refractivity contribution in [1.82, 2.24) is 0 Å². The van der Waals surface area contributed by atoms with Gasteiger partial charge in [-0.3, -0.25) is 0 Å². The van der Waals surface area contributed by atoms with E-state index in [-0.39, 0.29) is 23.5 Å². The van der Waals surface area contributed by atoms with E-state index >= 15 is 0 Å². The maximum Gasteiger partial charge on any atom is 0.132 e. The van der Waals surface area contributed by atoms with Gasteiger partial charge < -0.3 is 4.74 Å². The summed E-state index contributed by atoms with van der Waals surface area (Å²) in [5.41, 5.74) is -0.364. The molecule has 0 fully saturated rings. The summed E-state index contributed by atoms with van der Waals surface area (Å²) >= 11 is 0. The molecule has 1 aromatic rings. The average molecular weight is 373 g/mol. The van der Waals surface area contributed by atoms with Gasteiger partial charge in [0.1, 0.15) is 17.5 Å². The molecule has 1 nitrogen and oxygen atoms in total. The molecule has 0 heterocycles. The average Bonchev–Trinajstić information content (AvgIpc) is 2.54. The van der Waals surface area contributed by atoms with Gasteiger partial charge in [-0.05, 0) is 46.0 Å². The lowest BCUT2D eigenvalue weighted by atomic mass is 9.81. The molecule has 1 atom stereocenters. The van der Waals surface area contributed by atoms with E-state index in [1.165, 1.54) is 32.1 Å². The summed E-state index contributed by atoms with van der Waals surface area (Å²) in [6.45, 7) is 8.88. The molecule has 150 valence electrons. The predicted molar refractivity (Wildman–Crippen MR) is 102 cm³/mol. The van der Waals surface area contributed by atoms with Gasteiger partial charge in [-0.1, -0.05) is 45.4 Å². The summed E-state index contributed by atoms with van der Waals surface area (Å²) in [5.74, 6) is -2.26. The maximum atomic E-state index is 13.9. The molecule has 0 saturated heterocycles. The highest BCUT2D eigenvalue weighted by molar-refractivity contribution is 5.21. The maximum absolute atomic E-state index is 13.9. The van der Waals surface area contributed by atoms with Crippen LogP contribution in [0.5, 0.6) is 0 Å². The fourth-order valence-electron chi connectivity index (χ4n) is 3.63. The molecule has 0 spiro atoms. The predicted octanol–water partition coefficient (Wildman–Crippen LogP) is 7.22. The first-order valence-electron chi connectivity index (χ1n) is 10.1. The van der Waals surface area contributed by atoms with E-state index in [9.17, 15) is 13.2 Å². The van der Waals surface area contributed by atoms with Crippen molar-refractivity contribution in [2.24, 2.45) is 5.92 Å². The Morgan fingerprint density at radius 2 is 1.46 bits per heavy atom. The zero-order chi connectivity index (χ0) is 19.6.